The van der Waals surface area contributed by atoms with Crippen molar-refractivity contribution in [1.29, 1.82) is 0 Å². The van der Waals surface area contributed by atoms with Gasteiger partial charge >= 0.3 is 5.97 Å². The summed E-state index contributed by atoms with van der Waals surface area (Å²) < 4.78 is 0. The van der Waals surface area contributed by atoms with E-state index in [1.807, 2.05) is 0 Å². The zero-order valence-corrected chi connectivity index (χ0v) is 8.63. The smallest absolute Gasteiger partial charge is 0.337 e. The Labute approximate surface area is 95.8 Å². The average Bonchev–Trinajstić information content (AvgIpc) is 2.34. The maximum Gasteiger partial charge on any atom is 0.337 e. The van der Waals surface area contributed by atoms with Crippen LogP contribution in [0, 0.1) is 0 Å². The van der Waals surface area contributed by atoms with Crippen molar-refractivity contribution in [3.63, 3.8) is 0 Å². The number of carbonyl (C=O) groups is 1. The second kappa shape index (κ2) is 5.80. The zero-order valence-electron chi connectivity index (χ0n) is 8.63. The van der Waals surface area contributed by atoms with Gasteiger partial charge in [-0.3, -0.25) is 4.98 Å². The van der Waals surface area contributed by atoms with Crippen LogP contribution in [0.5, 0.6) is 0 Å². The number of nitrogens with zero attached hydrogens (tertiary/aromatic N) is 4. The molecular weight excluding hydrogens is 228 g/mol. The molecule has 90 valence electrons. The standard InChI is InChI=1S/C9H10N4O4/c10-13-12-4-6(14)8(15)7-5(9(16)17)2-1-3-11-7/h1-3,6,8,14-15H,4H2,(H,16,17). The highest BCUT2D eigenvalue weighted by atomic mass is 16.4. The van der Waals surface area contributed by atoms with Gasteiger partial charge in [0.1, 0.15) is 6.10 Å². The SMILES string of the molecule is [N-]=[N+]=NCC(O)C(O)c1ncccc1C(=O)O. The van der Waals surface area contributed by atoms with Crippen LogP contribution in [0.1, 0.15) is 22.2 Å². The van der Waals surface area contributed by atoms with E-state index in [9.17, 15) is 15.0 Å². The normalized spacial score (nSPS) is 13.5. The third kappa shape index (κ3) is 3.15. The third-order valence-electron chi connectivity index (χ3n) is 2.05. The van der Waals surface area contributed by atoms with Gasteiger partial charge in [-0.05, 0) is 17.7 Å². The van der Waals surface area contributed by atoms with E-state index >= 15 is 0 Å². The first-order valence-corrected chi connectivity index (χ1v) is 4.63. The molecule has 3 N–H and O–H groups in total. The number of hydrogen-bond donors (Lipinski definition) is 3. The highest BCUT2D eigenvalue weighted by Gasteiger charge is 2.24. The molecule has 0 amide bonds. The van der Waals surface area contributed by atoms with Gasteiger partial charge in [0.2, 0.25) is 0 Å². The number of azide groups is 1. The molecule has 0 spiro atoms. The minimum Gasteiger partial charge on any atom is -0.478 e. The summed E-state index contributed by atoms with van der Waals surface area (Å²) in [5.74, 6) is -1.26. The van der Waals surface area contributed by atoms with E-state index in [0.29, 0.717) is 0 Å². The molecule has 2 unspecified atom stereocenters. The van der Waals surface area contributed by atoms with Gasteiger partial charge < -0.3 is 15.3 Å². The van der Waals surface area contributed by atoms with Crippen LogP contribution in [0.3, 0.4) is 0 Å². The molecule has 0 aliphatic carbocycles. The van der Waals surface area contributed by atoms with Crippen molar-refractivity contribution < 1.29 is 20.1 Å². The molecule has 1 aromatic rings. The number of carboxylic acid groups (broad SMARTS) is 1. The van der Waals surface area contributed by atoms with Crippen LogP contribution in [0.4, 0.5) is 0 Å². The Balaban J connectivity index is 2.98. The molecule has 8 heteroatoms. The Hall–Kier alpha value is -2.15. The molecule has 0 aromatic carbocycles. The Bertz CT molecular complexity index is 458. The maximum absolute atomic E-state index is 10.8. The quantitative estimate of drug-likeness (QED) is 0.389. The maximum atomic E-state index is 10.8. The minimum absolute atomic E-state index is 0.166. The van der Waals surface area contributed by atoms with Crippen LogP contribution in [-0.2, 0) is 0 Å². The summed E-state index contributed by atoms with van der Waals surface area (Å²) in [6, 6.07) is 2.66. The van der Waals surface area contributed by atoms with Crippen molar-refractivity contribution in [2.45, 2.75) is 12.2 Å². The Morgan fingerprint density at radius 2 is 2.29 bits per heavy atom. The first kappa shape index (κ1) is 12.9. The number of hydrogen-bond acceptors (Lipinski definition) is 5. The Morgan fingerprint density at radius 1 is 1.59 bits per heavy atom. The summed E-state index contributed by atoms with van der Waals surface area (Å²) in [4.78, 5) is 17.0. The average molecular weight is 238 g/mol. The van der Waals surface area contributed by atoms with Gasteiger partial charge in [-0.15, -0.1) is 0 Å². The number of aromatic carboxylic acids is 1. The molecule has 0 fully saturated rings. The molecule has 17 heavy (non-hydrogen) atoms. The molecule has 0 aliphatic rings. The number of carboxylic acids is 1. The van der Waals surface area contributed by atoms with Crippen molar-refractivity contribution in [3.05, 3.63) is 40.0 Å². The van der Waals surface area contributed by atoms with E-state index in [2.05, 4.69) is 15.0 Å². The molecule has 0 saturated carbocycles. The first-order chi connectivity index (χ1) is 8.07. The summed E-state index contributed by atoms with van der Waals surface area (Å²) >= 11 is 0. The van der Waals surface area contributed by atoms with Gasteiger partial charge in [0.25, 0.3) is 0 Å². The van der Waals surface area contributed by atoms with E-state index in [-0.39, 0.29) is 17.8 Å². The highest BCUT2D eigenvalue weighted by molar-refractivity contribution is 5.88. The summed E-state index contributed by atoms with van der Waals surface area (Å²) in [5, 5.41) is 31.1. The lowest BCUT2D eigenvalue weighted by Gasteiger charge is -2.16. The lowest BCUT2D eigenvalue weighted by Crippen LogP contribution is -2.24. The van der Waals surface area contributed by atoms with Crippen LogP contribution in [0.25, 0.3) is 10.4 Å². The van der Waals surface area contributed by atoms with Gasteiger partial charge in [0.05, 0.1) is 23.9 Å². The van der Waals surface area contributed by atoms with Crippen molar-refractivity contribution in [1.82, 2.24) is 4.98 Å². The summed E-state index contributed by atoms with van der Waals surface area (Å²) in [5.41, 5.74) is 7.69. The number of aromatic nitrogens is 1. The van der Waals surface area contributed by atoms with Crippen LogP contribution in [0.15, 0.2) is 23.4 Å². The summed E-state index contributed by atoms with van der Waals surface area (Å²) in [7, 11) is 0. The molecular formula is C9H10N4O4. The number of aliphatic hydroxyl groups excluding tert-OH is 2. The fourth-order valence-corrected chi connectivity index (χ4v) is 1.24. The monoisotopic (exact) mass is 238 g/mol. The van der Waals surface area contributed by atoms with Gasteiger partial charge in [-0.2, -0.15) is 0 Å². The second-order valence-corrected chi connectivity index (χ2v) is 3.17. The Morgan fingerprint density at radius 3 is 2.88 bits per heavy atom. The number of aliphatic hydroxyl groups is 2. The lowest BCUT2D eigenvalue weighted by molar-refractivity contribution is 0.0206. The topological polar surface area (TPSA) is 139 Å². The third-order valence-corrected chi connectivity index (χ3v) is 2.05. The molecule has 0 saturated heterocycles. The minimum atomic E-state index is -1.52. The van der Waals surface area contributed by atoms with Crippen LogP contribution in [-0.4, -0.2) is 38.9 Å². The van der Waals surface area contributed by atoms with Gasteiger partial charge in [0, 0.05) is 11.1 Å². The van der Waals surface area contributed by atoms with E-state index in [1.165, 1.54) is 18.3 Å². The molecule has 1 rings (SSSR count). The molecule has 1 heterocycles. The predicted octanol–water partition coefficient (Wildman–Crippen LogP) is 0.484. The van der Waals surface area contributed by atoms with Gasteiger partial charge in [-0.25, -0.2) is 4.79 Å². The van der Waals surface area contributed by atoms with E-state index in [4.69, 9.17) is 10.6 Å². The summed E-state index contributed by atoms with van der Waals surface area (Å²) in [6.07, 6.45) is -1.63. The van der Waals surface area contributed by atoms with Gasteiger partial charge in [-0.1, -0.05) is 5.11 Å². The first-order valence-electron chi connectivity index (χ1n) is 4.63. The fourth-order valence-electron chi connectivity index (χ4n) is 1.24. The second-order valence-electron chi connectivity index (χ2n) is 3.17. The van der Waals surface area contributed by atoms with Crippen LogP contribution in [0.2, 0.25) is 0 Å². The van der Waals surface area contributed by atoms with E-state index in [0.717, 1.165) is 0 Å². The predicted molar refractivity (Wildman–Crippen MR) is 56.2 cm³/mol. The highest BCUT2D eigenvalue weighted by Crippen LogP contribution is 2.19. The molecule has 0 aliphatic heterocycles. The molecule has 1 aromatic heterocycles. The van der Waals surface area contributed by atoms with E-state index < -0.39 is 18.2 Å². The van der Waals surface area contributed by atoms with Crippen molar-refractivity contribution in [3.8, 4) is 0 Å². The Kier molecular flexibility index (Phi) is 4.41. The molecule has 8 nitrogen and oxygen atoms in total. The number of rotatable bonds is 5. The molecule has 0 radical (unpaired) electrons. The van der Waals surface area contributed by atoms with Crippen LogP contribution >= 0.6 is 0 Å². The molecule has 2 atom stereocenters. The summed E-state index contributed by atoms with van der Waals surface area (Å²) in [6.45, 7) is -0.368. The van der Waals surface area contributed by atoms with Crippen molar-refractivity contribution >= 4 is 5.97 Å². The lowest BCUT2D eigenvalue weighted by atomic mass is 10.0. The zero-order chi connectivity index (χ0) is 12.8. The van der Waals surface area contributed by atoms with E-state index in [1.54, 1.807) is 0 Å². The van der Waals surface area contributed by atoms with Crippen LogP contribution < -0.4 is 0 Å². The number of pyridine rings is 1. The van der Waals surface area contributed by atoms with Crippen molar-refractivity contribution in [2.24, 2.45) is 5.11 Å². The van der Waals surface area contributed by atoms with Gasteiger partial charge in [0.15, 0.2) is 0 Å². The van der Waals surface area contributed by atoms with Crippen molar-refractivity contribution in [2.75, 3.05) is 6.54 Å². The largest absolute Gasteiger partial charge is 0.478 e. The fraction of sp³-hybridized carbons (Fsp3) is 0.333. The molecule has 0 bridgehead atoms.